The molecule has 10 heavy (non-hydrogen) atoms. The molecule has 0 aromatic heterocycles. The number of unbranched alkanes of at least 4 members (excludes halogenated alkanes) is 3. The first kappa shape index (κ1) is 12.1. The van der Waals surface area contributed by atoms with Crippen molar-refractivity contribution in [3.05, 3.63) is 0 Å². The highest BCUT2D eigenvalue weighted by molar-refractivity contribution is 4.39. The highest BCUT2D eigenvalue weighted by Crippen LogP contribution is 1.96. The van der Waals surface area contributed by atoms with Crippen LogP contribution in [-0.4, -0.2) is 23.4 Å². The van der Waals surface area contributed by atoms with Crippen LogP contribution in [0.3, 0.4) is 0 Å². The maximum Gasteiger partial charge on any atom is 0.0431 e. The van der Waals surface area contributed by atoms with Gasteiger partial charge in [0.25, 0.3) is 0 Å². The Hall–Kier alpha value is -0.660. The fraction of sp³-hybridized carbons (Fsp3) is 1.00. The van der Waals surface area contributed by atoms with Crippen LogP contribution in [0.15, 0.2) is 0 Å². The third-order valence-corrected chi connectivity index (χ3v) is 1.07. The van der Waals surface area contributed by atoms with Gasteiger partial charge in [-0.05, 0) is 12.8 Å². The highest BCUT2D eigenvalue weighted by atomic mass is 16.3. The van der Waals surface area contributed by atoms with E-state index in [1.165, 1.54) is 0 Å². The van der Waals surface area contributed by atoms with E-state index in [0.717, 1.165) is 25.7 Å². The van der Waals surface area contributed by atoms with Crippen molar-refractivity contribution in [2.45, 2.75) is 25.7 Å². The summed E-state index contributed by atoms with van der Waals surface area (Å²) in [4.78, 5) is 0. The molecule has 0 aliphatic rings. The molecule has 0 aliphatic carbocycles. The largest absolute Gasteiger partial charge is 0.396 e. The van der Waals surface area contributed by atoms with Gasteiger partial charge in [0.2, 0.25) is 0 Å². The van der Waals surface area contributed by atoms with Crippen LogP contribution < -0.4 is 0 Å². The van der Waals surface area contributed by atoms with E-state index in [-0.39, 0.29) is 13.2 Å². The zero-order valence-corrected chi connectivity index (χ0v) is 6.03. The molecule has 0 spiro atoms. The zero-order chi connectivity index (χ0) is 8.24. The van der Waals surface area contributed by atoms with Crippen molar-refractivity contribution in [3.8, 4) is 0 Å². The molecule has 0 fully saturated rings. The van der Waals surface area contributed by atoms with Crippen molar-refractivity contribution in [2.24, 2.45) is 0 Å². The Morgan fingerprint density at radius 1 is 0.700 bits per heavy atom. The lowest BCUT2D eigenvalue weighted by atomic mass is 10.2. The number of aliphatic hydroxyl groups is 2. The Labute approximate surface area is 60.9 Å². The molecule has 0 bridgehead atoms. The van der Waals surface area contributed by atoms with E-state index >= 15 is 0 Å². The van der Waals surface area contributed by atoms with Crippen LogP contribution in [-0.2, 0) is 0 Å². The lowest BCUT2D eigenvalue weighted by Gasteiger charge is -1.93. The fourth-order valence-corrected chi connectivity index (χ4v) is 0.577. The van der Waals surface area contributed by atoms with Gasteiger partial charge >= 0.3 is 0 Å². The molecule has 0 aromatic rings. The molecule has 60 valence electrons. The summed E-state index contributed by atoms with van der Waals surface area (Å²) in [5.41, 5.74) is 0. The summed E-state index contributed by atoms with van der Waals surface area (Å²) in [6, 6.07) is 0. The quantitative estimate of drug-likeness (QED) is 0.438. The minimum atomic E-state index is 0.283. The van der Waals surface area contributed by atoms with Crippen molar-refractivity contribution in [3.63, 3.8) is 0 Å². The van der Waals surface area contributed by atoms with E-state index < -0.39 is 0 Å². The lowest BCUT2D eigenvalue weighted by Crippen LogP contribution is -1.85. The highest BCUT2D eigenvalue weighted by Gasteiger charge is 1.84. The van der Waals surface area contributed by atoms with Gasteiger partial charge in [0.1, 0.15) is 0 Å². The molecule has 0 saturated heterocycles. The molecule has 0 unspecified atom stereocenters. The van der Waals surface area contributed by atoms with Crippen molar-refractivity contribution in [2.75, 3.05) is 13.2 Å². The van der Waals surface area contributed by atoms with Gasteiger partial charge in [0, 0.05) is 24.0 Å². The summed E-state index contributed by atoms with van der Waals surface area (Å²) in [6.07, 6.45) is 3.83. The third-order valence-electron chi connectivity index (χ3n) is 1.07. The maximum absolute atomic E-state index is 8.30. The molecule has 0 saturated carbocycles. The molecule has 0 radical (unpaired) electrons. The van der Waals surface area contributed by atoms with Gasteiger partial charge in [-0.1, -0.05) is 12.8 Å². The first-order chi connectivity index (χ1) is 4.91. The van der Waals surface area contributed by atoms with Gasteiger partial charge in [0.15, 0.2) is 0 Å². The Kier molecular flexibility index (Phi) is 19.0. The number of hydrogen-bond donors (Lipinski definition) is 2. The Morgan fingerprint density at radius 2 is 1.00 bits per heavy atom. The molecule has 4 nitrogen and oxygen atoms in total. The van der Waals surface area contributed by atoms with E-state index in [2.05, 4.69) is 0 Å². The van der Waals surface area contributed by atoms with Crippen molar-refractivity contribution < 1.29 is 10.2 Å². The summed E-state index contributed by atoms with van der Waals surface area (Å²) < 4.78 is 0. The number of hydrogen-bond acceptors (Lipinski definition) is 4. The second-order valence-electron chi connectivity index (χ2n) is 1.86. The number of nitrogens with zero attached hydrogens (tertiary/aromatic N) is 2. The maximum atomic E-state index is 8.30. The SMILES string of the molecule is N#N.OCCCCCCO. The average molecular weight is 146 g/mol. The molecule has 4 heteroatoms. The first-order valence-corrected chi connectivity index (χ1v) is 3.33. The van der Waals surface area contributed by atoms with Crippen molar-refractivity contribution >= 4 is 0 Å². The van der Waals surface area contributed by atoms with Crippen LogP contribution in [0.25, 0.3) is 0 Å². The molecular formula is C6H14N2O2. The second-order valence-corrected chi connectivity index (χ2v) is 1.86. The minimum absolute atomic E-state index is 0.283. The summed E-state index contributed by atoms with van der Waals surface area (Å²) >= 11 is 0. The Morgan fingerprint density at radius 3 is 1.20 bits per heavy atom. The Balaban J connectivity index is 0. The Bertz CT molecular complexity index is 60.0. The van der Waals surface area contributed by atoms with Crippen LogP contribution in [0.2, 0.25) is 0 Å². The smallest absolute Gasteiger partial charge is 0.0431 e. The summed E-state index contributed by atoms with van der Waals surface area (Å²) in [7, 11) is 0. The van der Waals surface area contributed by atoms with Crippen LogP contribution in [0.4, 0.5) is 0 Å². The standard InChI is InChI=1S/C6H14O2.N2/c7-5-3-1-2-4-6-8;1-2/h7-8H,1-6H2;. The van der Waals surface area contributed by atoms with Gasteiger partial charge in [-0.15, -0.1) is 0 Å². The second kappa shape index (κ2) is 15.8. The molecule has 0 aliphatic heterocycles. The molecule has 0 atom stereocenters. The third kappa shape index (κ3) is 15.7. The molecule has 0 rings (SSSR count). The van der Waals surface area contributed by atoms with E-state index in [4.69, 9.17) is 21.0 Å². The lowest BCUT2D eigenvalue weighted by molar-refractivity contribution is 0.265. The van der Waals surface area contributed by atoms with Gasteiger partial charge in [-0.2, -0.15) is 0 Å². The van der Waals surface area contributed by atoms with Crippen molar-refractivity contribution in [1.29, 1.82) is 10.8 Å². The van der Waals surface area contributed by atoms with Gasteiger partial charge < -0.3 is 10.2 Å². The van der Waals surface area contributed by atoms with Crippen LogP contribution in [0.5, 0.6) is 0 Å². The average Bonchev–Trinajstić information content (AvgIpc) is 2.02. The van der Waals surface area contributed by atoms with Crippen LogP contribution >= 0.6 is 0 Å². The fourth-order valence-electron chi connectivity index (χ4n) is 0.577. The van der Waals surface area contributed by atoms with Gasteiger partial charge in [-0.3, -0.25) is 0 Å². The van der Waals surface area contributed by atoms with Gasteiger partial charge in [0.05, 0.1) is 0 Å². The predicted molar refractivity (Wildman–Crippen MR) is 36.1 cm³/mol. The van der Waals surface area contributed by atoms with Crippen LogP contribution in [0, 0.1) is 10.8 Å². The zero-order valence-electron chi connectivity index (χ0n) is 6.03. The number of aliphatic hydroxyl groups excluding tert-OH is 2. The van der Waals surface area contributed by atoms with E-state index in [9.17, 15) is 0 Å². The molecule has 0 aromatic carbocycles. The van der Waals surface area contributed by atoms with E-state index in [0.29, 0.717) is 0 Å². The van der Waals surface area contributed by atoms with E-state index in [1.807, 2.05) is 0 Å². The van der Waals surface area contributed by atoms with Gasteiger partial charge in [-0.25, -0.2) is 0 Å². The minimum Gasteiger partial charge on any atom is -0.396 e. The topological polar surface area (TPSA) is 88.0 Å². The summed E-state index contributed by atoms with van der Waals surface area (Å²) in [5, 5.41) is 28.6. The molecule has 2 N–H and O–H groups in total. The first-order valence-electron chi connectivity index (χ1n) is 3.33. The normalized spacial score (nSPS) is 8.00. The van der Waals surface area contributed by atoms with Crippen LogP contribution in [0.1, 0.15) is 25.7 Å². The van der Waals surface area contributed by atoms with E-state index in [1.54, 1.807) is 0 Å². The number of rotatable bonds is 5. The van der Waals surface area contributed by atoms with Crippen molar-refractivity contribution in [1.82, 2.24) is 0 Å². The summed E-state index contributed by atoms with van der Waals surface area (Å²) in [6.45, 7) is 0.566. The summed E-state index contributed by atoms with van der Waals surface area (Å²) in [5.74, 6) is 0. The molecule has 0 heterocycles. The predicted octanol–water partition coefficient (Wildman–Crippen LogP) is 0.562. The monoisotopic (exact) mass is 146 g/mol. The molecule has 0 amide bonds. The molecular weight excluding hydrogens is 132 g/mol.